The Balaban J connectivity index is 1.53. The topological polar surface area (TPSA) is 62.2 Å². The Morgan fingerprint density at radius 3 is 2.51 bits per heavy atom. The maximum absolute atomic E-state index is 13.4. The highest BCUT2D eigenvalue weighted by Gasteiger charge is 2.42. The molecule has 1 amide bonds. The quantitative estimate of drug-likeness (QED) is 0.328. The SMILES string of the molecule is O=C(CN1C(=S)N[C@H](c2ccccn2)[C@H]1c1cccn1-c1cccc(C(F)(F)F)c1)Nc1ccccc1. The molecular formula is C27H22F3N5OS. The van der Waals surface area contributed by atoms with Crippen molar-refractivity contribution in [1.82, 2.24) is 19.8 Å². The molecule has 1 aliphatic rings. The highest BCUT2D eigenvalue weighted by Crippen LogP contribution is 2.40. The number of carbonyl (C=O) groups is 1. The van der Waals surface area contributed by atoms with E-state index >= 15 is 0 Å². The summed E-state index contributed by atoms with van der Waals surface area (Å²) in [6.07, 6.45) is -1.12. The summed E-state index contributed by atoms with van der Waals surface area (Å²) in [6.45, 7) is -0.0670. The molecule has 6 nitrogen and oxygen atoms in total. The Kier molecular flexibility index (Phi) is 6.66. The highest BCUT2D eigenvalue weighted by atomic mass is 32.1. The molecule has 2 aromatic carbocycles. The molecule has 2 atom stereocenters. The van der Waals surface area contributed by atoms with Crippen LogP contribution in [0.3, 0.4) is 0 Å². The fourth-order valence-corrected chi connectivity index (χ4v) is 4.78. The minimum Gasteiger partial charge on any atom is -0.352 e. The molecule has 0 radical (unpaired) electrons. The first-order valence-corrected chi connectivity index (χ1v) is 11.9. The normalized spacial score (nSPS) is 17.5. The van der Waals surface area contributed by atoms with Gasteiger partial charge in [0.2, 0.25) is 5.91 Å². The number of carbonyl (C=O) groups excluding carboxylic acids is 1. The third-order valence-electron chi connectivity index (χ3n) is 6.10. The standard InChI is InChI=1S/C27H22F3N5OS/c28-27(29,30)18-8-6-11-20(16-18)34-15-7-13-22(34)25-24(21-12-4-5-14-31-21)33-26(37)35(25)17-23(36)32-19-9-2-1-3-10-19/h1-16,24-25H,17H2,(H,32,36)(H,33,37)/t24-,25-/m1/s1. The Morgan fingerprint density at radius 1 is 1.00 bits per heavy atom. The molecule has 2 aromatic heterocycles. The van der Waals surface area contributed by atoms with Crippen LogP contribution in [0.15, 0.2) is 97.3 Å². The third kappa shape index (κ3) is 5.19. The summed E-state index contributed by atoms with van der Waals surface area (Å²) in [5.74, 6) is -0.279. The average molecular weight is 522 g/mol. The van der Waals surface area contributed by atoms with Gasteiger partial charge in [0.05, 0.1) is 23.3 Å². The van der Waals surface area contributed by atoms with Gasteiger partial charge in [-0.15, -0.1) is 0 Å². The number of aromatic nitrogens is 2. The second kappa shape index (κ2) is 10.1. The number of benzene rings is 2. The van der Waals surface area contributed by atoms with Gasteiger partial charge in [-0.1, -0.05) is 30.3 Å². The second-order valence-corrected chi connectivity index (χ2v) is 8.91. The Bertz CT molecular complexity index is 1410. The van der Waals surface area contributed by atoms with Gasteiger partial charge in [0, 0.05) is 29.5 Å². The van der Waals surface area contributed by atoms with Gasteiger partial charge >= 0.3 is 6.18 Å². The molecule has 2 N–H and O–H groups in total. The molecule has 1 fully saturated rings. The first-order chi connectivity index (χ1) is 17.8. The lowest BCUT2D eigenvalue weighted by molar-refractivity contribution is -0.137. The van der Waals surface area contributed by atoms with Crippen LogP contribution in [0, 0.1) is 0 Å². The summed E-state index contributed by atoms with van der Waals surface area (Å²) >= 11 is 5.63. The largest absolute Gasteiger partial charge is 0.416 e. The molecule has 3 heterocycles. The van der Waals surface area contributed by atoms with Crippen molar-refractivity contribution in [2.75, 3.05) is 11.9 Å². The van der Waals surface area contributed by atoms with Crippen molar-refractivity contribution >= 4 is 28.9 Å². The van der Waals surface area contributed by atoms with Crippen LogP contribution in [-0.4, -0.2) is 32.0 Å². The van der Waals surface area contributed by atoms with Crippen LogP contribution >= 0.6 is 12.2 Å². The van der Waals surface area contributed by atoms with E-state index in [1.165, 1.54) is 6.07 Å². The van der Waals surface area contributed by atoms with Crippen LogP contribution < -0.4 is 10.6 Å². The van der Waals surface area contributed by atoms with Crippen LogP contribution in [0.1, 0.15) is 29.0 Å². The molecule has 5 rings (SSSR count). The predicted octanol–water partition coefficient (Wildman–Crippen LogP) is 5.50. The van der Waals surface area contributed by atoms with Gasteiger partial charge in [-0.25, -0.2) is 0 Å². The lowest BCUT2D eigenvalue weighted by Gasteiger charge is -2.28. The van der Waals surface area contributed by atoms with Gasteiger partial charge in [-0.2, -0.15) is 13.2 Å². The van der Waals surface area contributed by atoms with Crippen LogP contribution in [0.2, 0.25) is 0 Å². The average Bonchev–Trinajstić information content (AvgIpc) is 3.49. The first kappa shape index (κ1) is 24.5. The zero-order chi connectivity index (χ0) is 26.0. The Labute approximate surface area is 216 Å². The number of para-hydroxylation sites is 1. The lowest BCUT2D eigenvalue weighted by Crippen LogP contribution is -2.37. The van der Waals surface area contributed by atoms with Crippen molar-refractivity contribution in [2.45, 2.75) is 18.3 Å². The van der Waals surface area contributed by atoms with Gasteiger partial charge in [0.25, 0.3) is 0 Å². The molecule has 1 saturated heterocycles. The van der Waals surface area contributed by atoms with Crippen molar-refractivity contribution in [2.24, 2.45) is 0 Å². The maximum atomic E-state index is 13.4. The first-order valence-electron chi connectivity index (χ1n) is 11.5. The molecule has 1 aliphatic heterocycles. The van der Waals surface area contributed by atoms with Gasteiger partial charge in [0.15, 0.2) is 5.11 Å². The number of pyridine rings is 1. The third-order valence-corrected chi connectivity index (χ3v) is 6.46. The number of rotatable bonds is 6. The van der Waals surface area contributed by atoms with Crippen LogP contribution in [0.25, 0.3) is 5.69 Å². The van der Waals surface area contributed by atoms with E-state index in [1.54, 1.807) is 52.2 Å². The van der Waals surface area contributed by atoms with Crippen LogP contribution in [0.4, 0.5) is 18.9 Å². The zero-order valence-electron chi connectivity index (χ0n) is 19.4. The van der Waals surface area contributed by atoms with Crippen LogP contribution in [0.5, 0.6) is 0 Å². The van der Waals surface area contributed by atoms with Crippen molar-refractivity contribution < 1.29 is 18.0 Å². The molecule has 0 saturated carbocycles. The lowest BCUT2D eigenvalue weighted by atomic mass is 10.0. The van der Waals surface area contributed by atoms with Crippen LogP contribution in [-0.2, 0) is 11.0 Å². The number of nitrogens with zero attached hydrogens (tertiary/aromatic N) is 3. The molecule has 4 aromatic rings. The van der Waals surface area contributed by atoms with Crippen molar-refractivity contribution in [3.8, 4) is 5.69 Å². The van der Waals surface area contributed by atoms with Gasteiger partial charge in [0.1, 0.15) is 6.54 Å². The molecule has 0 bridgehead atoms. The number of thiocarbonyl (C=S) groups is 1. The van der Waals surface area contributed by atoms with E-state index in [2.05, 4.69) is 15.6 Å². The van der Waals surface area contributed by atoms with Crippen molar-refractivity contribution in [3.63, 3.8) is 0 Å². The van der Waals surface area contributed by atoms with E-state index in [4.69, 9.17) is 12.2 Å². The van der Waals surface area contributed by atoms with Crippen molar-refractivity contribution in [3.05, 3.63) is 114 Å². The van der Waals surface area contributed by atoms with E-state index < -0.39 is 23.8 Å². The zero-order valence-corrected chi connectivity index (χ0v) is 20.2. The molecule has 0 aliphatic carbocycles. The summed E-state index contributed by atoms with van der Waals surface area (Å²) in [7, 11) is 0. The number of halogens is 3. The summed E-state index contributed by atoms with van der Waals surface area (Å²) in [5.41, 5.74) is 1.61. The number of alkyl halides is 3. The fraction of sp³-hybridized carbons (Fsp3) is 0.148. The second-order valence-electron chi connectivity index (χ2n) is 8.52. The maximum Gasteiger partial charge on any atom is 0.416 e. The molecule has 10 heteroatoms. The minimum absolute atomic E-state index is 0.0670. The monoisotopic (exact) mass is 521 g/mol. The fourth-order valence-electron chi connectivity index (χ4n) is 4.48. The molecule has 188 valence electrons. The van der Waals surface area contributed by atoms with Gasteiger partial charge in [-0.05, 0) is 66.8 Å². The number of hydrogen-bond acceptors (Lipinski definition) is 3. The van der Waals surface area contributed by atoms with Crippen molar-refractivity contribution in [1.29, 1.82) is 0 Å². The summed E-state index contributed by atoms with van der Waals surface area (Å²) in [4.78, 5) is 19.2. The van der Waals surface area contributed by atoms with E-state index in [0.717, 1.165) is 12.1 Å². The van der Waals surface area contributed by atoms with E-state index in [1.807, 2.05) is 36.4 Å². The molecule has 37 heavy (non-hydrogen) atoms. The van der Waals surface area contributed by atoms with E-state index in [0.29, 0.717) is 27.9 Å². The summed E-state index contributed by atoms with van der Waals surface area (Å²) < 4.78 is 42.0. The van der Waals surface area contributed by atoms with Gasteiger partial charge < -0.3 is 20.1 Å². The summed E-state index contributed by atoms with van der Waals surface area (Å²) in [5, 5.41) is 6.48. The molecule has 0 spiro atoms. The van der Waals surface area contributed by atoms with E-state index in [-0.39, 0.29) is 12.5 Å². The Hall–Kier alpha value is -4.18. The smallest absolute Gasteiger partial charge is 0.352 e. The highest BCUT2D eigenvalue weighted by molar-refractivity contribution is 7.80. The van der Waals surface area contributed by atoms with E-state index in [9.17, 15) is 18.0 Å². The number of anilines is 1. The number of nitrogens with one attached hydrogen (secondary N) is 2. The minimum atomic E-state index is -4.47. The molecule has 0 unspecified atom stereocenters. The molecular weight excluding hydrogens is 499 g/mol. The predicted molar refractivity (Wildman–Crippen MR) is 138 cm³/mol. The van der Waals surface area contributed by atoms with Gasteiger partial charge in [-0.3, -0.25) is 9.78 Å². The number of hydrogen-bond donors (Lipinski definition) is 2. The summed E-state index contributed by atoms with van der Waals surface area (Å²) in [6, 6.07) is 22.3. The number of amides is 1. The Morgan fingerprint density at radius 2 is 1.78 bits per heavy atom.